The van der Waals surface area contributed by atoms with Gasteiger partial charge in [0.2, 0.25) is 0 Å². The van der Waals surface area contributed by atoms with E-state index in [1.54, 1.807) is 0 Å². The lowest BCUT2D eigenvalue weighted by Gasteiger charge is -2.28. The summed E-state index contributed by atoms with van der Waals surface area (Å²) < 4.78 is 0. The molecule has 0 fully saturated rings. The molecule has 0 aliphatic rings. The van der Waals surface area contributed by atoms with Crippen molar-refractivity contribution in [3.8, 4) is 11.1 Å². The van der Waals surface area contributed by atoms with Crippen molar-refractivity contribution in [1.29, 1.82) is 0 Å². The van der Waals surface area contributed by atoms with Crippen LogP contribution in [0.4, 0.5) is 17.1 Å². The third kappa shape index (κ3) is 4.24. The number of nitrogens with zero attached hydrogens (tertiary/aromatic N) is 1. The van der Waals surface area contributed by atoms with Gasteiger partial charge >= 0.3 is 0 Å². The van der Waals surface area contributed by atoms with E-state index in [0.29, 0.717) is 0 Å². The minimum atomic E-state index is 1.14. The highest BCUT2D eigenvalue weighted by molar-refractivity contribution is 6.26. The van der Waals surface area contributed by atoms with Gasteiger partial charge in [0.1, 0.15) is 0 Å². The molecule has 0 aromatic heterocycles. The molecule has 9 aromatic rings. The first kappa shape index (κ1) is 25.6. The molecule has 9 rings (SSSR count). The zero-order valence-corrected chi connectivity index (χ0v) is 24.7. The first-order valence-electron chi connectivity index (χ1n) is 15.5. The van der Waals surface area contributed by atoms with Crippen LogP contribution >= 0.6 is 0 Å². The standard InChI is InChI=1S/C44H29N/c1-2-14-32(15-3-1)42-28-35-29-43(39-19-9-11-21-41(39)44(35)40-20-10-8-18-38(40)42)45(36-24-22-30-12-4-6-16-33(30)26-36)37-25-23-31-13-5-7-17-34(31)27-37/h1-29H. The molecule has 0 radical (unpaired) electrons. The molecule has 0 unspecified atom stereocenters. The molecule has 0 saturated carbocycles. The summed E-state index contributed by atoms with van der Waals surface area (Å²) in [6, 6.07) is 64.2. The summed E-state index contributed by atoms with van der Waals surface area (Å²) in [5.74, 6) is 0. The molecular weight excluding hydrogens is 542 g/mol. The van der Waals surface area contributed by atoms with Crippen molar-refractivity contribution in [2.45, 2.75) is 0 Å². The smallest absolute Gasteiger partial charge is 0.0546 e. The fourth-order valence-electron chi connectivity index (χ4n) is 7.06. The van der Waals surface area contributed by atoms with Crippen molar-refractivity contribution in [3.05, 3.63) is 176 Å². The summed E-state index contributed by atoms with van der Waals surface area (Å²) in [4.78, 5) is 2.44. The van der Waals surface area contributed by atoms with Crippen molar-refractivity contribution in [3.63, 3.8) is 0 Å². The van der Waals surface area contributed by atoms with Gasteiger partial charge in [-0.05, 0) is 96.0 Å². The first-order chi connectivity index (χ1) is 22.3. The Balaban J connectivity index is 1.40. The minimum Gasteiger partial charge on any atom is -0.310 e. The average Bonchev–Trinajstić information content (AvgIpc) is 3.11. The fourth-order valence-corrected chi connectivity index (χ4v) is 7.06. The Hall–Kier alpha value is -5.92. The monoisotopic (exact) mass is 571 g/mol. The van der Waals surface area contributed by atoms with Crippen LogP contribution in [0, 0.1) is 0 Å². The lowest BCUT2D eigenvalue weighted by atomic mass is 9.90. The van der Waals surface area contributed by atoms with Crippen LogP contribution in [-0.4, -0.2) is 0 Å². The van der Waals surface area contributed by atoms with Crippen LogP contribution in [0.25, 0.3) is 65.0 Å². The maximum absolute atomic E-state index is 2.44. The molecule has 9 aromatic carbocycles. The highest BCUT2D eigenvalue weighted by Gasteiger charge is 2.20. The first-order valence-corrected chi connectivity index (χ1v) is 15.5. The van der Waals surface area contributed by atoms with E-state index in [1.165, 1.54) is 65.0 Å². The molecule has 210 valence electrons. The predicted molar refractivity (Wildman–Crippen MR) is 194 cm³/mol. The summed E-state index contributed by atoms with van der Waals surface area (Å²) >= 11 is 0. The molecule has 0 spiro atoms. The van der Waals surface area contributed by atoms with Gasteiger partial charge in [0.15, 0.2) is 0 Å². The molecule has 0 amide bonds. The molecule has 0 bridgehead atoms. The van der Waals surface area contributed by atoms with E-state index in [4.69, 9.17) is 0 Å². The zero-order valence-electron chi connectivity index (χ0n) is 24.7. The fraction of sp³-hybridized carbons (Fsp3) is 0. The number of rotatable bonds is 4. The number of fused-ring (bicyclic) bond motifs is 7. The van der Waals surface area contributed by atoms with E-state index in [9.17, 15) is 0 Å². The highest BCUT2D eigenvalue weighted by Crippen LogP contribution is 2.46. The largest absolute Gasteiger partial charge is 0.310 e. The predicted octanol–water partition coefficient (Wildman–Crippen LogP) is 12.6. The van der Waals surface area contributed by atoms with E-state index in [-0.39, 0.29) is 0 Å². The van der Waals surface area contributed by atoms with Crippen molar-refractivity contribution in [2.75, 3.05) is 4.90 Å². The van der Waals surface area contributed by atoms with E-state index in [2.05, 4.69) is 181 Å². The average molecular weight is 572 g/mol. The molecule has 45 heavy (non-hydrogen) atoms. The topological polar surface area (TPSA) is 3.24 Å². The number of anilines is 3. The minimum absolute atomic E-state index is 1.14. The van der Waals surface area contributed by atoms with E-state index in [0.717, 1.165) is 17.1 Å². The molecule has 0 atom stereocenters. The second kappa shape index (κ2) is 10.4. The van der Waals surface area contributed by atoms with Crippen LogP contribution in [0.3, 0.4) is 0 Å². The van der Waals surface area contributed by atoms with Gasteiger partial charge in [-0.1, -0.05) is 140 Å². The summed E-state index contributed by atoms with van der Waals surface area (Å²) in [6.07, 6.45) is 0. The molecule has 0 heterocycles. The Bertz CT molecular complexity index is 2470. The van der Waals surface area contributed by atoms with E-state index in [1.807, 2.05) is 0 Å². The number of hydrogen-bond acceptors (Lipinski definition) is 1. The Morgan fingerprint density at radius 2 is 0.800 bits per heavy atom. The molecular formula is C44H29N. The van der Waals surface area contributed by atoms with Gasteiger partial charge < -0.3 is 4.90 Å². The highest BCUT2D eigenvalue weighted by atomic mass is 15.1. The van der Waals surface area contributed by atoms with Crippen LogP contribution in [0.5, 0.6) is 0 Å². The van der Waals surface area contributed by atoms with Gasteiger partial charge in [-0.3, -0.25) is 0 Å². The Morgan fingerprint density at radius 3 is 1.42 bits per heavy atom. The Kier molecular flexibility index (Phi) is 5.89. The quantitative estimate of drug-likeness (QED) is 0.190. The van der Waals surface area contributed by atoms with E-state index >= 15 is 0 Å². The normalized spacial score (nSPS) is 11.6. The van der Waals surface area contributed by atoms with Crippen molar-refractivity contribution >= 4 is 70.9 Å². The van der Waals surface area contributed by atoms with Crippen LogP contribution < -0.4 is 4.90 Å². The lowest BCUT2D eigenvalue weighted by Crippen LogP contribution is -2.10. The third-order valence-corrected chi connectivity index (χ3v) is 9.15. The number of benzene rings is 9. The molecule has 0 N–H and O–H groups in total. The molecule has 0 saturated heterocycles. The van der Waals surface area contributed by atoms with Gasteiger partial charge in [-0.2, -0.15) is 0 Å². The van der Waals surface area contributed by atoms with Gasteiger partial charge in [0.05, 0.1) is 5.69 Å². The van der Waals surface area contributed by atoms with Crippen molar-refractivity contribution < 1.29 is 0 Å². The van der Waals surface area contributed by atoms with Crippen LogP contribution in [-0.2, 0) is 0 Å². The number of hydrogen-bond donors (Lipinski definition) is 0. The molecule has 0 aliphatic carbocycles. The summed E-state index contributed by atoms with van der Waals surface area (Å²) in [7, 11) is 0. The maximum Gasteiger partial charge on any atom is 0.0546 e. The van der Waals surface area contributed by atoms with Gasteiger partial charge in [0, 0.05) is 16.8 Å². The Morgan fingerprint density at radius 1 is 0.311 bits per heavy atom. The Labute approximate surface area is 262 Å². The maximum atomic E-state index is 2.44. The van der Waals surface area contributed by atoms with E-state index < -0.39 is 0 Å². The molecule has 0 aliphatic heterocycles. The van der Waals surface area contributed by atoms with Gasteiger partial charge in [-0.15, -0.1) is 0 Å². The van der Waals surface area contributed by atoms with Crippen molar-refractivity contribution in [2.24, 2.45) is 0 Å². The summed E-state index contributed by atoms with van der Waals surface area (Å²) in [6.45, 7) is 0. The SMILES string of the molecule is c1ccc(-c2cc3cc(N(c4ccc5ccccc5c4)c4ccc5ccccc5c4)c4ccccc4c3c3ccccc23)cc1. The second-order valence-electron chi connectivity index (χ2n) is 11.8. The van der Waals surface area contributed by atoms with Gasteiger partial charge in [-0.25, -0.2) is 0 Å². The molecule has 1 heteroatoms. The zero-order chi connectivity index (χ0) is 29.7. The lowest BCUT2D eigenvalue weighted by molar-refractivity contribution is 1.31. The molecule has 1 nitrogen and oxygen atoms in total. The summed E-state index contributed by atoms with van der Waals surface area (Å²) in [5.41, 5.74) is 5.92. The van der Waals surface area contributed by atoms with Gasteiger partial charge in [0.25, 0.3) is 0 Å². The van der Waals surface area contributed by atoms with Crippen LogP contribution in [0.1, 0.15) is 0 Å². The van der Waals surface area contributed by atoms with Crippen LogP contribution in [0.2, 0.25) is 0 Å². The van der Waals surface area contributed by atoms with Crippen molar-refractivity contribution in [1.82, 2.24) is 0 Å². The third-order valence-electron chi connectivity index (χ3n) is 9.15. The van der Waals surface area contributed by atoms with Crippen LogP contribution in [0.15, 0.2) is 176 Å². The summed E-state index contributed by atoms with van der Waals surface area (Å²) in [5, 5.41) is 12.5. The second-order valence-corrected chi connectivity index (χ2v) is 11.8.